The molecule has 1 saturated heterocycles. The van der Waals surface area contributed by atoms with Crippen molar-refractivity contribution in [3.05, 3.63) is 35.4 Å². The van der Waals surface area contributed by atoms with Gasteiger partial charge in [-0.05, 0) is 17.7 Å². The summed E-state index contributed by atoms with van der Waals surface area (Å²) in [5, 5.41) is 8.78. The molecule has 1 heterocycles. The van der Waals surface area contributed by atoms with Crippen molar-refractivity contribution in [2.75, 3.05) is 6.54 Å². The van der Waals surface area contributed by atoms with Gasteiger partial charge in [0.05, 0.1) is 11.6 Å². The third-order valence-corrected chi connectivity index (χ3v) is 3.21. The molecule has 1 amide bonds. The van der Waals surface area contributed by atoms with Gasteiger partial charge in [0.2, 0.25) is 5.91 Å². The van der Waals surface area contributed by atoms with Gasteiger partial charge in [0.15, 0.2) is 0 Å². The third kappa shape index (κ3) is 2.42. The summed E-state index contributed by atoms with van der Waals surface area (Å²) < 4.78 is 0. The minimum atomic E-state index is 0.171. The van der Waals surface area contributed by atoms with Crippen LogP contribution in [0.4, 0.5) is 0 Å². The first-order valence-corrected chi connectivity index (χ1v) is 6.01. The van der Waals surface area contributed by atoms with Crippen LogP contribution < -0.4 is 0 Å². The number of carbonyl (C=O) groups is 1. The lowest BCUT2D eigenvalue weighted by Crippen LogP contribution is -2.24. The molecule has 2 rings (SSSR count). The third-order valence-electron chi connectivity index (χ3n) is 2.60. The summed E-state index contributed by atoms with van der Waals surface area (Å²) >= 11 is 3.45. The predicted octanol–water partition coefficient (Wildman–Crippen LogP) is 2.05. The monoisotopic (exact) mass is 278 g/mol. The molecule has 82 valence electrons. The SMILES string of the molecule is N#Cc1cccc(CN2CC(Br)CC2=O)c1. The number of rotatable bonds is 2. The quantitative estimate of drug-likeness (QED) is 0.778. The molecule has 1 aromatic rings. The fraction of sp³-hybridized carbons (Fsp3) is 0.333. The maximum Gasteiger partial charge on any atom is 0.224 e. The van der Waals surface area contributed by atoms with E-state index in [-0.39, 0.29) is 10.7 Å². The van der Waals surface area contributed by atoms with Crippen LogP contribution in [-0.2, 0) is 11.3 Å². The van der Waals surface area contributed by atoms with E-state index in [1.165, 1.54) is 0 Å². The number of carbonyl (C=O) groups excluding carboxylic acids is 1. The summed E-state index contributed by atoms with van der Waals surface area (Å²) in [4.78, 5) is 13.7. The van der Waals surface area contributed by atoms with Crippen LogP contribution in [-0.4, -0.2) is 22.2 Å². The average Bonchev–Trinajstić information content (AvgIpc) is 2.58. The smallest absolute Gasteiger partial charge is 0.224 e. The summed E-state index contributed by atoms with van der Waals surface area (Å²) in [7, 11) is 0. The Kier molecular flexibility index (Phi) is 3.25. The van der Waals surface area contributed by atoms with Gasteiger partial charge >= 0.3 is 0 Å². The Morgan fingerprint density at radius 3 is 3.00 bits per heavy atom. The second-order valence-electron chi connectivity index (χ2n) is 3.89. The largest absolute Gasteiger partial charge is 0.337 e. The maximum absolute atomic E-state index is 11.6. The molecule has 0 aliphatic carbocycles. The van der Waals surface area contributed by atoms with E-state index in [2.05, 4.69) is 22.0 Å². The van der Waals surface area contributed by atoms with Gasteiger partial charge in [-0.1, -0.05) is 28.1 Å². The van der Waals surface area contributed by atoms with Crippen molar-refractivity contribution in [1.82, 2.24) is 4.90 Å². The minimum Gasteiger partial charge on any atom is -0.337 e. The van der Waals surface area contributed by atoms with Crippen LogP contribution in [0.3, 0.4) is 0 Å². The van der Waals surface area contributed by atoms with Crippen molar-refractivity contribution in [2.24, 2.45) is 0 Å². The molecule has 0 radical (unpaired) electrons. The van der Waals surface area contributed by atoms with E-state index >= 15 is 0 Å². The van der Waals surface area contributed by atoms with Crippen LogP contribution in [0.25, 0.3) is 0 Å². The molecule has 16 heavy (non-hydrogen) atoms. The van der Waals surface area contributed by atoms with E-state index in [9.17, 15) is 4.79 Å². The highest BCUT2D eigenvalue weighted by atomic mass is 79.9. The van der Waals surface area contributed by atoms with Crippen molar-refractivity contribution >= 4 is 21.8 Å². The van der Waals surface area contributed by atoms with Gasteiger partial charge in [-0.2, -0.15) is 5.26 Å². The minimum absolute atomic E-state index is 0.171. The van der Waals surface area contributed by atoms with Crippen LogP contribution in [0, 0.1) is 11.3 Å². The highest BCUT2D eigenvalue weighted by Gasteiger charge is 2.27. The van der Waals surface area contributed by atoms with Gasteiger partial charge in [0.1, 0.15) is 0 Å². The molecule has 1 aliphatic heterocycles. The maximum atomic E-state index is 11.6. The zero-order valence-corrected chi connectivity index (χ0v) is 10.3. The Bertz CT molecular complexity index is 453. The van der Waals surface area contributed by atoms with E-state index in [1.54, 1.807) is 6.07 Å². The lowest BCUT2D eigenvalue weighted by Gasteiger charge is -2.15. The zero-order valence-electron chi connectivity index (χ0n) is 8.69. The van der Waals surface area contributed by atoms with Gasteiger partial charge < -0.3 is 4.90 Å². The molecule has 1 fully saturated rings. The van der Waals surface area contributed by atoms with Crippen LogP contribution >= 0.6 is 15.9 Å². The van der Waals surface area contributed by atoms with Crippen molar-refractivity contribution in [3.8, 4) is 6.07 Å². The molecular weight excluding hydrogens is 268 g/mol. The number of nitrogens with zero attached hydrogens (tertiary/aromatic N) is 2. The zero-order chi connectivity index (χ0) is 11.5. The first kappa shape index (κ1) is 11.2. The van der Waals surface area contributed by atoms with Gasteiger partial charge in [-0.3, -0.25) is 4.79 Å². The Balaban J connectivity index is 2.09. The number of hydrogen-bond donors (Lipinski definition) is 0. The second-order valence-corrected chi connectivity index (χ2v) is 5.18. The Morgan fingerprint density at radius 1 is 1.56 bits per heavy atom. The molecule has 0 aromatic heterocycles. The highest BCUT2D eigenvalue weighted by molar-refractivity contribution is 9.09. The standard InChI is InChI=1S/C12H11BrN2O/c13-11-5-12(16)15(8-11)7-10-3-1-2-9(4-10)6-14/h1-4,11H,5,7-8H2. The Hall–Kier alpha value is -1.34. The molecule has 4 heteroatoms. The van der Waals surface area contributed by atoms with Crippen molar-refractivity contribution < 1.29 is 4.79 Å². The Labute approximate surface area is 103 Å². The number of alkyl halides is 1. The fourth-order valence-electron chi connectivity index (χ4n) is 1.84. The molecule has 1 aliphatic rings. The number of hydrogen-bond acceptors (Lipinski definition) is 2. The first-order chi connectivity index (χ1) is 7.69. The second kappa shape index (κ2) is 4.67. The van der Waals surface area contributed by atoms with E-state index in [1.807, 2.05) is 23.1 Å². The molecule has 1 aromatic carbocycles. The van der Waals surface area contributed by atoms with E-state index in [4.69, 9.17) is 5.26 Å². The molecule has 0 saturated carbocycles. The normalized spacial score (nSPS) is 19.9. The molecule has 1 unspecified atom stereocenters. The van der Waals surface area contributed by atoms with Crippen LogP contribution in [0.5, 0.6) is 0 Å². The van der Waals surface area contributed by atoms with E-state index < -0.39 is 0 Å². The Morgan fingerprint density at radius 2 is 2.38 bits per heavy atom. The van der Waals surface area contributed by atoms with Crippen molar-refractivity contribution in [1.29, 1.82) is 5.26 Å². The summed E-state index contributed by atoms with van der Waals surface area (Å²) in [5.74, 6) is 0.171. The fourth-order valence-corrected chi connectivity index (χ4v) is 2.46. The molecule has 0 bridgehead atoms. The van der Waals surface area contributed by atoms with E-state index in [0.29, 0.717) is 18.5 Å². The van der Waals surface area contributed by atoms with Gasteiger partial charge in [-0.15, -0.1) is 0 Å². The predicted molar refractivity (Wildman–Crippen MR) is 63.9 cm³/mol. The van der Waals surface area contributed by atoms with Crippen molar-refractivity contribution in [2.45, 2.75) is 17.8 Å². The van der Waals surface area contributed by atoms with Gasteiger partial charge in [-0.25, -0.2) is 0 Å². The number of halogens is 1. The number of amides is 1. The topological polar surface area (TPSA) is 44.1 Å². The number of likely N-dealkylation sites (tertiary alicyclic amines) is 1. The van der Waals surface area contributed by atoms with Gasteiger partial charge in [0.25, 0.3) is 0 Å². The lowest BCUT2D eigenvalue weighted by molar-refractivity contribution is -0.128. The van der Waals surface area contributed by atoms with Crippen LogP contribution in [0.2, 0.25) is 0 Å². The molecule has 0 N–H and O–H groups in total. The van der Waals surface area contributed by atoms with E-state index in [0.717, 1.165) is 12.1 Å². The highest BCUT2D eigenvalue weighted by Crippen LogP contribution is 2.20. The number of benzene rings is 1. The molecule has 1 atom stereocenters. The van der Waals surface area contributed by atoms with Crippen LogP contribution in [0.1, 0.15) is 17.5 Å². The lowest BCUT2D eigenvalue weighted by atomic mass is 10.1. The average molecular weight is 279 g/mol. The number of nitriles is 1. The van der Waals surface area contributed by atoms with Crippen molar-refractivity contribution in [3.63, 3.8) is 0 Å². The van der Waals surface area contributed by atoms with Crippen LogP contribution in [0.15, 0.2) is 24.3 Å². The summed E-state index contributed by atoms with van der Waals surface area (Å²) in [6.07, 6.45) is 0.567. The molecular formula is C12H11BrN2O. The summed E-state index contributed by atoms with van der Waals surface area (Å²) in [6, 6.07) is 9.48. The summed E-state index contributed by atoms with van der Waals surface area (Å²) in [5.41, 5.74) is 1.65. The van der Waals surface area contributed by atoms with Gasteiger partial charge in [0, 0.05) is 24.3 Å². The molecule has 3 nitrogen and oxygen atoms in total. The molecule has 0 spiro atoms. The summed E-state index contributed by atoms with van der Waals surface area (Å²) in [6.45, 7) is 1.34. The first-order valence-electron chi connectivity index (χ1n) is 5.10.